The number of thioether (sulfide) groups is 1. The Bertz CT molecular complexity index is 537. The van der Waals surface area contributed by atoms with E-state index in [9.17, 15) is 9.50 Å². The molecule has 2 rings (SSSR count). The van der Waals surface area contributed by atoms with Crippen LogP contribution in [0, 0.1) is 5.82 Å². The van der Waals surface area contributed by atoms with E-state index in [0.29, 0.717) is 16.3 Å². The molecule has 0 aliphatic rings. The molecule has 0 aromatic heterocycles. The van der Waals surface area contributed by atoms with Gasteiger partial charge in [-0.3, -0.25) is 0 Å². The summed E-state index contributed by atoms with van der Waals surface area (Å²) in [5.41, 5.74) is -0.298. The van der Waals surface area contributed by atoms with Crippen molar-refractivity contribution in [3.05, 3.63) is 64.9 Å². The molecule has 0 bridgehead atoms. The van der Waals surface area contributed by atoms with E-state index >= 15 is 0 Å². The van der Waals surface area contributed by atoms with E-state index in [1.165, 1.54) is 23.9 Å². The zero-order valence-corrected chi connectivity index (χ0v) is 12.0. The summed E-state index contributed by atoms with van der Waals surface area (Å²) in [6.07, 6.45) is 0. The first-order valence-corrected chi connectivity index (χ1v) is 7.20. The largest absolute Gasteiger partial charge is 0.385 e. The number of halogens is 2. The third-order valence-electron chi connectivity index (χ3n) is 2.80. The van der Waals surface area contributed by atoms with Gasteiger partial charge in [0.15, 0.2) is 0 Å². The van der Waals surface area contributed by atoms with E-state index in [1.807, 2.05) is 24.3 Å². The van der Waals surface area contributed by atoms with E-state index in [2.05, 4.69) is 0 Å². The molecule has 0 aliphatic heterocycles. The second-order valence-electron chi connectivity index (χ2n) is 4.52. The minimum absolute atomic E-state index is 0.301. The van der Waals surface area contributed by atoms with Crippen LogP contribution in [-0.2, 0) is 5.60 Å². The molecule has 0 radical (unpaired) electrons. The molecular formula is C15H14ClFOS. The molecule has 0 fully saturated rings. The summed E-state index contributed by atoms with van der Waals surface area (Å²) in [6.45, 7) is 1.73. The van der Waals surface area contributed by atoms with Crippen LogP contribution in [0.3, 0.4) is 0 Å². The number of rotatable bonds is 4. The van der Waals surface area contributed by atoms with Crippen molar-refractivity contribution >= 4 is 23.4 Å². The molecular weight excluding hydrogens is 283 g/mol. The Hall–Kier alpha value is -1.03. The normalized spacial score (nSPS) is 14.1. The maximum absolute atomic E-state index is 12.9. The highest BCUT2D eigenvalue weighted by Gasteiger charge is 2.23. The van der Waals surface area contributed by atoms with E-state index in [1.54, 1.807) is 19.1 Å². The average molecular weight is 297 g/mol. The Morgan fingerprint density at radius 1 is 1.11 bits per heavy atom. The average Bonchev–Trinajstić information content (AvgIpc) is 2.39. The Kier molecular flexibility index (Phi) is 4.50. The van der Waals surface area contributed by atoms with E-state index < -0.39 is 5.60 Å². The molecule has 0 heterocycles. The Morgan fingerprint density at radius 3 is 2.26 bits per heavy atom. The number of hydrogen-bond donors (Lipinski definition) is 1. The zero-order chi connectivity index (χ0) is 13.9. The summed E-state index contributed by atoms with van der Waals surface area (Å²) >= 11 is 7.35. The minimum Gasteiger partial charge on any atom is -0.385 e. The fraction of sp³-hybridized carbons (Fsp3) is 0.200. The lowest BCUT2D eigenvalue weighted by Gasteiger charge is -2.23. The molecule has 0 spiro atoms. The molecule has 1 nitrogen and oxygen atoms in total. The van der Waals surface area contributed by atoms with Crippen LogP contribution in [0.4, 0.5) is 4.39 Å². The smallest absolute Gasteiger partial charge is 0.123 e. The molecule has 0 amide bonds. The van der Waals surface area contributed by atoms with Crippen molar-refractivity contribution < 1.29 is 9.50 Å². The first-order valence-electron chi connectivity index (χ1n) is 5.84. The fourth-order valence-electron chi connectivity index (χ4n) is 1.65. The van der Waals surface area contributed by atoms with Gasteiger partial charge in [-0.25, -0.2) is 4.39 Å². The highest BCUT2D eigenvalue weighted by atomic mass is 35.5. The molecule has 1 N–H and O–H groups in total. The number of aliphatic hydroxyl groups is 1. The van der Waals surface area contributed by atoms with Gasteiger partial charge in [0.05, 0.1) is 5.60 Å². The molecule has 100 valence electrons. The van der Waals surface area contributed by atoms with Crippen molar-refractivity contribution in [3.8, 4) is 0 Å². The fourth-order valence-corrected chi connectivity index (χ4v) is 2.72. The van der Waals surface area contributed by atoms with Gasteiger partial charge in [0.1, 0.15) is 5.82 Å². The Balaban J connectivity index is 2.04. The van der Waals surface area contributed by atoms with Crippen molar-refractivity contribution in [2.75, 3.05) is 5.75 Å². The van der Waals surface area contributed by atoms with Crippen LogP contribution in [-0.4, -0.2) is 10.9 Å². The van der Waals surface area contributed by atoms with Crippen molar-refractivity contribution in [3.63, 3.8) is 0 Å². The Morgan fingerprint density at radius 2 is 1.68 bits per heavy atom. The molecule has 0 saturated heterocycles. The van der Waals surface area contributed by atoms with Crippen LogP contribution < -0.4 is 0 Å². The standard InChI is InChI=1S/C15H14ClFOS/c1-15(18,11-2-6-13(17)7-3-11)10-19-14-8-4-12(16)5-9-14/h2-9,18H,10H2,1H3. The van der Waals surface area contributed by atoms with Crippen molar-refractivity contribution in [1.82, 2.24) is 0 Å². The lowest BCUT2D eigenvalue weighted by molar-refractivity contribution is 0.0839. The van der Waals surface area contributed by atoms with Gasteiger partial charge in [-0.15, -0.1) is 11.8 Å². The molecule has 0 aliphatic carbocycles. The SMILES string of the molecule is CC(O)(CSc1ccc(Cl)cc1)c1ccc(F)cc1. The predicted octanol–water partition coefficient (Wildman–Crippen LogP) is 4.48. The second-order valence-corrected chi connectivity index (χ2v) is 6.01. The summed E-state index contributed by atoms with van der Waals surface area (Å²) in [4.78, 5) is 1.03. The van der Waals surface area contributed by atoms with Crippen LogP contribution in [0.5, 0.6) is 0 Å². The highest BCUT2D eigenvalue weighted by molar-refractivity contribution is 7.99. The molecule has 1 atom stereocenters. The first kappa shape index (κ1) is 14.4. The third kappa shape index (κ3) is 3.96. The molecule has 19 heavy (non-hydrogen) atoms. The zero-order valence-electron chi connectivity index (χ0n) is 10.4. The minimum atomic E-state index is -1.00. The van der Waals surface area contributed by atoms with Crippen LogP contribution in [0.15, 0.2) is 53.4 Å². The van der Waals surface area contributed by atoms with Gasteiger partial charge in [-0.1, -0.05) is 23.7 Å². The van der Waals surface area contributed by atoms with E-state index in [0.717, 1.165) is 4.90 Å². The molecule has 0 saturated carbocycles. The van der Waals surface area contributed by atoms with Gasteiger partial charge < -0.3 is 5.11 Å². The van der Waals surface area contributed by atoms with Gasteiger partial charge in [-0.05, 0) is 48.9 Å². The first-order chi connectivity index (χ1) is 8.97. The maximum atomic E-state index is 12.9. The maximum Gasteiger partial charge on any atom is 0.123 e. The molecule has 2 aromatic rings. The van der Waals surface area contributed by atoms with Crippen LogP contribution >= 0.6 is 23.4 Å². The van der Waals surface area contributed by atoms with Gasteiger partial charge >= 0.3 is 0 Å². The molecule has 2 aromatic carbocycles. The summed E-state index contributed by atoms with van der Waals surface area (Å²) in [5.74, 6) is 0.185. The van der Waals surface area contributed by atoms with E-state index in [-0.39, 0.29) is 5.82 Å². The monoisotopic (exact) mass is 296 g/mol. The van der Waals surface area contributed by atoms with Crippen LogP contribution in [0.2, 0.25) is 5.02 Å². The number of benzene rings is 2. The highest BCUT2D eigenvalue weighted by Crippen LogP contribution is 2.30. The summed E-state index contributed by atoms with van der Waals surface area (Å²) in [6, 6.07) is 13.4. The van der Waals surface area contributed by atoms with Crippen molar-refractivity contribution in [1.29, 1.82) is 0 Å². The Labute approximate surface area is 121 Å². The van der Waals surface area contributed by atoms with Crippen molar-refractivity contribution in [2.24, 2.45) is 0 Å². The lowest BCUT2D eigenvalue weighted by Crippen LogP contribution is -2.24. The van der Waals surface area contributed by atoms with Crippen LogP contribution in [0.25, 0.3) is 0 Å². The topological polar surface area (TPSA) is 20.2 Å². The lowest BCUT2D eigenvalue weighted by atomic mass is 9.98. The van der Waals surface area contributed by atoms with Crippen molar-refractivity contribution in [2.45, 2.75) is 17.4 Å². The summed E-state index contributed by atoms with van der Waals surface area (Å²) in [5, 5.41) is 11.1. The van der Waals surface area contributed by atoms with Gasteiger partial charge in [0.2, 0.25) is 0 Å². The summed E-state index contributed by atoms with van der Waals surface area (Å²) < 4.78 is 12.9. The predicted molar refractivity (Wildman–Crippen MR) is 78.1 cm³/mol. The van der Waals surface area contributed by atoms with Gasteiger partial charge in [0, 0.05) is 15.7 Å². The molecule has 1 unspecified atom stereocenters. The second kappa shape index (κ2) is 5.95. The quantitative estimate of drug-likeness (QED) is 0.840. The number of hydrogen-bond acceptors (Lipinski definition) is 2. The van der Waals surface area contributed by atoms with Gasteiger partial charge in [0.25, 0.3) is 0 Å². The van der Waals surface area contributed by atoms with Crippen LogP contribution in [0.1, 0.15) is 12.5 Å². The summed E-state index contributed by atoms with van der Waals surface area (Å²) in [7, 11) is 0. The molecule has 4 heteroatoms. The van der Waals surface area contributed by atoms with E-state index in [4.69, 9.17) is 11.6 Å². The third-order valence-corrected chi connectivity index (χ3v) is 4.36. The van der Waals surface area contributed by atoms with Gasteiger partial charge in [-0.2, -0.15) is 0 Å².